The van der Waals surface area contributed by atoms with Crippen LogP contribution in [0.5, 0.6) is 11.5 Å². The summed E-state index contributed by atoms with van der Waals surface area (Å²) in [6.07, 6.45) is 14.8. The Morgan fingerprint density at radius 1 is 0.651 bits per heavy atom. The predicted octanol–water partition coefficient (Wildman–Crippen LogP) is 7.60. The van der Waals surface area contributed by atoms with Gasteiger partial charge < -0.3 is 9.47 Å². The topological polar surface area (TPSA) is 104 Å². The van der Waals surface area contributed by atoms with Gasteiger partial charge in [0.2, 0.25) is 0 Å². The molecule has 224 valence electrons. The van der Waals surface area contributed by atoms with E-state index in [1.165, 1.54) is 0 Å². The Bertz CT molecular complexity index is 1440. The largest absolute Gasteiger partial charge is 0.427 e. The van der Waals surface area contributed by atoms with E-state index in [2.05, 4.69) is 33.8 Å². The maximum absolute atomic E-state index is 12.5. The van der Waals surface area contributed by atoms with Crippen LogP contribution in [0.2, 0.25) is 0 Å². The molecule has 0 unspecified atom stereocenters. The number of esters is 2. The molecule has 0 radical (unpaired) electrons. The normalized spacial score (nSPS) is 11.6. The molecule has 8 heteroatoms. The molecule has 0 saturated heterocycles. The van der Waals surface area contributed by atoms with Gasteiger partial charge in [0.25, 0.3) is 0 Å². The van der Waals surface area contributed by atoms with Crippen molar-refractivity contribution in [2.24, 2.45) is 5.92 Å². The van der Waals surface area contributed by atoms with Gasteiger partial charge in [-0.15, -0.1) is 0 Å². The Hall–Kier alpha value is -4.46. The molecule has 0 aliphatic heterocycles. The van der Waals surface area contributed by atoms with E-state index < -0.39 is 0 Å². The molecule has 0 bridgehead atoms. The summed E-state index contributed by atoms with van der Waals surface area (Å²) < 4.78 is 11.0. The number of hydrogen-bond donors (Lipinski definition) is 0. The minimum atomic E-state index is -0.347. The van der Waals surface area contributed by atoms with Gasteiger partial charge in [0.1, 0.15) is 11.5 Å². The Labute approximate surface area is 254 Å². The van der Waals surface area contributed by atoms with Gasteiger partial charge >= 0.3 is 11.9 Å². The van der Waals surface area contributed by atoms with Gasteiger partial charge in [-0.05, 0) is 97.7 Å². The molecule has 8 nitrogen and oxygen atoms in total. The van der Waals surface area contributed by atoms with Crippen LogP contribution in [0, 0.1) is 5.92 Å². The quantitative estimate of drug-likeness (QED) is 0.105. The molecule has 4 aromatic rings. The number of rotatable bonds is 15. The first-order valence-electron chi connectivity index (χ1n) is 15.2. The van der Waals surface area contributed by atoms with Crippen molar-refractivity contribution in [2.75, 3.05) is 0 Å². The van der Waals surface area contributed by atoms with Gasteiger partial charge in [-0.3, -0.25) is 9.59 Å². The smallest absolute Gasteiger partial charge is 0.311 e. The number of nitrogens with zero attached hydrogens (tertiary/aromatic N) is 4. The van der Waals surface area contributed by atoms with Crippen LogP contribution in [0.15, 0.2) is 73.3 Å². The number of ether oxygens (including phenoxy) is 2. The van der Waals surface area contributed by atoms with Crippen LogP contribution in [0.4, 0.5) is 0 Å². The molecule has 0 saturated carbocycles. The molecule has 0 aliphatic rings. The fraction of sp³-hybridized carbons (Fsp3) is 0.371. The second kappa shape index (κ2) is 16.2. The number of aryl methyl sites for hydroxylation is 2. The second-order valence-corrected chi connectivity index (χ2v) is 10.9. The third kappa shape index (κ3) is 10.1. The molecule has 2 aromatic carbocycles. The van der Waals surface area contributed by atoms with Crippen molar-refractivity contribution in [3.8, 4) is 34.3 Å². The highest BCUT2D eigenvalue weighted by molar-refractivity contribution is 5.74. The number of carbonyl (C=O) groups is 2. The van der Waals surface area contributed by atoms with E-state index >= 15 is 0 Å². The van der Waals surface area contributed by atoms with Crippen molar-refractivity contribution in [1.82, 2.24) is 19.9 Å². The molecule has 0 fully saturated rings. The average molecular weight is 581 g/mol. The van der Waals surface area contributed by atoms with Crippen LogP contribution in [-0.4, -0.2) is 31.9 Å². The van der Waals surface area contributed by atoms with Crippen LogP contribution < -0.4 is 9.47 Å². The maximum Gasteiger partial charge on any atom is 0.311 e. The Kier molecular flexibility index (Phi) is 11.9. The fourth-order valence-corrected chi connectivity index (χ4v) is 4.48. The first-order chi connectivity index (χ1) is 20.9. The van der Waals surface area contributed by atoms with Crippen molar-refractivity contribution in [3.63, 3.8) is 0 Å². The predicted molar refractivity (Wildman–Crippen MR) is 166 cm³/mol. The molecular formula is C35H40N4O4. The highest BCUT2D eigenvalue weighted by atomic mass is 16.5. The number of carbonyl (C=O) groups excluding carboxylic acids is 2. The molecular weight excluding hydrogens is 540 g/mol. The molecule has 0 spiro atoms. The zero-order valence-electron chi connectivity index (χ0n) is 25.3. The molecule has 0 amide bonds. The van der Waals surface area contributed by atoms with Crippen LogP contribution in [0.3, 0.4) is 0 Å². The number of unbranched alkanes of at least 4 members (excludes halogenated alkanes) is 2. The third-order valence-electron chi connectivity index (χ3n) is 7.09. The Balaban J connectivity index is 1.18. The van der Waals surface area contributed by atoms with Crippen molar-refractivity contribution in [2.45, 2.75) is 78.6 Å². The zero-order chi connectivity index (χ0) is 30.4. The monoisotopic (exact) mass is 580 g/mol. The third-order valence-corrected chi connectivity index (χ3v) is 7.09. The van der Waals surface area contributed by atoms with E-state index in [0.29, 0.717) is 29.6 Å². The molecule has 0 N–H and O–H groups in total. The second-order valence-electron chi connectivity index (χ2n) is 10.9. The van der Waals surface area contributed by atoms with E-state index in [-0.39, 0.29) is 30.7 Å². The summed E-state index contributed by atoms with van der Waals surface area (Å²) in [4.78, 5) is 42.7. The van der Waals surface area contributed by atoms with Crippen molar-refractivity contribution in [3.05, 3.63) is 84.4 Å². The Morgan fingerprint density at radius 3 is 1.49 bits per heavy atom. The van der Waals surface area contributed by atoms with Crippen LogP contribution in [0.1, 0.15) is 76.8 Å². The highest BCUT2D eigenvalue weighted by Crippen LogP contribution is 2.22. The fourth-order valence-electron chi connectivity index (χ4n) is 4.48. The van der Waals surface area contributed by atoms with Crippen molar-refractivity contribution < 1.29 is 19.1 Å². The lowest BCUT2D eigenvalue weighted by atomic mass is 10.0. The van der Waals surface area contributed by atoms with Crippen LogP contribution in [0.25, 0.3) is 22.8 Å². The van der Waals surface area contributed by atoms with Gasteiger partial charge in [0.15, 0.2) is 11.6 Å². The number of benzene rings is 2. The van der Waals surface area contributed by atoms with E-state index in [1.807, 2.05) is 56.0 Å². The first-order valence-corrected chi connectivity index (χ1v) is 15.2. The van der Waals surface area contributed by atoms with Crippen molar-refractivity contribution in [1.29, 1.82) is 0 Å². The molecule has 2 heterocycles. The van der Waals surface area contributed by atoms with Crippen molar-refractivity contribution >= 4 is 11.9 Å². The molecule has 1 atom stereocenters. The lowest BCUT2D eigenvalue weighted by molar-refractivity contribution is -0.137. The van der Waals surface area contributed by atoms with Gasteiger partial charge in [-0.2, -0.15) is 0 Å². The molecule has 2 aromatic heterocycles. The van der Waals surface area contributed by atoms with Crippen LogP contribution >= 0.6 is 0 Å². The van der Waals surface area contributed by atoms with E-state index in [9.17, 15) is 9.59 Å². The van der Waals surface area contributed by atoms with Crippen LogP contribution in [-0.2, 0) is 22.4 Å². The highest BCUT2D eigenvalue weighted by Gasteiger charge is 2.15. The molecule has 43 heavy (non-hydrogen) atoms. The lowest BCUT2D eigenvalue weighted by Gasteiger charge is -2.11. The minimum absolute atomic E-state index is 0.0428. The summed E-state index contributed by atoms with van der Waals surface area (Å²) in [6.45, 7) is 6.24. The Morgan fingerprint density at radius 2 is 1.07 bits per heavy atom. The number of hydrogen-bond acceptors (Lipinski definition) is 8. The van der Waals surface area contributed by atoms with Gasteiger partial charge in [0.05, 0.1) is 0 Å². The number of aromatic nitrogens is 4. The summed E-state index contributed by atoms with van der Waals surface area (Å²) >= 11 is 0. The summed E-state index contributed by atoms with van der Waals surface area (Å²) in [7, 11) is 0. The van der Waals surface area contributed by atoms with Gasteiger partial charge in [-0.25, -0.2) is 19.9 Å². The summed E-state index contributed by atoms with van der Waals surface area (Å²) in [5, 5.41) is 0. The summed E-state index contributed by atoms with van der Waals surface area (Å²) in [5.74, 6) is 1.45. The summed E-state index contributed by atoms with van der Waals surface area (Å²) in [6, 6.07) is 14.3. The molecule has 4 rings (SSSR count). The minimum Gasteiger partial charge on any atom is -0.427 e. The molecule has 0 aliphatic carbocycles. The van der Waals surface area contributed by atoms with E-state index in [0.717, 1.165) is 60.8 Å². The zero-order valence-corrected chi connectivity index (χ0v) is 25.3. The van der Waals surface area contributed by atoms with E-state index in [4.69, 9.17) is 9.47 Å². The average Bonchev–Trinajstić information content (AvgIpc) is 3.03. The maximum atomic E-state index is 12.5. The van der Waals surface area contributed by atoms with Gasteiger partial charge in [-0.1, -0.05) is 33.6 Å². The van der Waals surface area contributed by atoms with Gasteiger partial charge in [0, 0.05) is 48.8 Å². The van der Waals surface area contributed by atoms with E-state index in [1.54, 1.807) is 24.3 Å². The first kappa shape index (κ1) is 31.5. The lowest BCUT2D eigenvalue weighted by Crippen LogP contribution is -2.15. The summed E-state index contributed by atoms with van der Waals surface area (Å²) in [5.41, 5.74) is 3.96. The SMILES string of the molecule is CCCCc1cnc(-c2ccc(OC(=O)CC[C@@H](C)CC(=O)Oc3ccc(-c4ncc(CCCC)cn4)cc3)cc2)nc1. The standard InChI is InChI=1S/C35H40N4O4/c1-4-6-8-26-21-36-34(37-22-26)28-11-15-30(16-12-28)42-32(40)19-10-25(3)20-33(41)43-31-17-13-29(14-18-31)35-38-23-27(24-39-35)9-7-5-2/h11-18,21-25H,4-10,19-20H2,1-3H3/t25-/m1/s1.